The zero-order chi connectivity index (χ0) is 12.5. The van der Waals surface area contributed by atoms with Gasteiger partial charge in [-0.05, 0) is 28.1 Å². The van der Waals surface area contributed by atoms with E-state index in [0.29, 0.717) is 11.4 Å². The highest BCUT2D eigenvalue weighted by atomic mass is 79.9. The van der Waals surface area contributed by atoms with E-state index in [2.05, 4.69) is 21.2 Å². The monoisotopic (exact) mass is 303 g/mol. The fourth-order valence-electron chi connectivity index (χ4n) is 1.94. The minimum absolute atomic E-state index is 0.146. The maximum absolute atomic E-state index is 12.0. The Balaban J connectivity index is 2.02. The number of carbonyl (C=O) groups excluding carboxylic acids is 1. The second-order valence-corrected chi connectivity index (χ2v) is 4.87. The average Bonchev–Trinajstić information content (AvgIpc) is 2.39. The molecule has 0 saturated carbocycles. The van der Waals surface area contributed by atoms with Crippen molar-refractivity contribution in [2.75, 3.05) is 5.32 Å². The average molecular weight is 304 g/mol. The number of benzene rings is 2. The van der Waals surface area contributed by atoms with Gasteiger partial charge in [0.25, 0.3) is 5.91 Å². The molecule has 1 aliphatic rings. The van der Waals surface area contributed by atoms with Crippen LogP contribution in [0.15, 0.2) is 53.0 Å². The summed E-state index contributed by atoms with van der Waals surface area (Å²) < 4.78 is 6.64. The summed E-state index contributed by atoms with van der Waals surface area (Å²) in [4.78, 5) is 12.0. The van der Waals surface area contributed by atoms with Crippen LogP contribution in [-0.2, 0) is 4.79 Å². The van der Waals surface area contributed by atoms with E-state index in [-0.39, 0.29) is 5.91 Å². The number of amides is 1. The third-order valence-electron chi connectivity index (χ3n) is 2.80. The summed E-state index contributed by atoms with van der Waals surface area (Å²) in [5, 5.41) is 2.86. The number of ether oxygens (including phenoxy) is 1. The van der Waals surface area contributed by atoms with Gasteiger partial charge >= 0.3 is 0 Å². The molecule has 0 spiro atoms. The van der Waals surface area contributed by atoms with Crippen molar-refractivity contribution in [2.24, 2.45) is 0 Å². The Kier molecular flexibility index (Phi) is 2.80. The Hall–Kier alpha value is -1.81. The molecule has 18 heavy (non-hydrogen) atoms. The molecule has 1 amide bonds. The molecule has 0 bridgehead atoms. The minimum atomic E-state index is -0.600. The molecule has 2 aromatic rings. The quantitative estimate of drug-likeness (QED) is 0.875. The molecule has 1 heterocycles. The number of anilines is 1. The van der Waals surface area contributed by atoms with Gasteiger partial charge in [-0.15, -0.1) is 0 Å². The number of hydrogen-bond acceptors (Lipinski definition) is 2. The summed E-state index contributed by atoms with van der Waals surface area (Å²) in [6.07, 6.45) is -0.600. The number of nitrogens with one attached hydrogen (secondary N) is 1. The summed E-state index contributed by atoms with van der Waals surface area (Å²) >= 11 is 3.43. The van der Waals surface area contributed by atoms with E-state index < -0.39 is 6.10 Å². The molecule has 90 valence electrons. The normalized spacial score (nSPS) is 17.6. The summed E-state index contributed by atoms with van der Waals surface area (Å²) in [6.45, 7) is 0. The number of hydrogen-bond donors (Lipinski definition) is 1. The topological polar surface area (TPSA) is 38.3 Å². The van der Waals surface area contributed by atoms with Crippen molar-refractivity contribution in [1.82, 2.24) is 0 Å². The maximum Gasteiger partial charge on any atom is 0.270 e. The Bertz CT molecular complexity index is 598. The van der Waals surface area contributed by atoms with E-state index >= 15 is 0 Å². The lowest BCUT2D eigenvalue weighted by Crippen LogP contribution is -2.30. The number of fused-ring (bicyclic) bond motifs is 1. The van der Waals surface area contributed by atoms with Gasteiger partial charge in [0.05, 0.1) is 10.2 Å². The number of carbonyl (C=O) groups is 1. The van der Waals surface area contributed by atoms with Crippen LogP contribution in [-0.4, -0.2) is 5.91 Å². The van der Waals surface area contributed by atoms with Gasteiger partial charge in [0.2, 0.25) is 6.10 Å². The number of para-hydroxylation sites is 1. The third-order valence-corrected chi connectivity index (χ3v) is 3.43. The first-order chi connectivity index (χ1) is 8.75. The molecule has 0 saturated heterocycles. The van der Waals surface area contributed by atoms with E-state index in [1.54, 1.807) is 0 Å². The van der Waals surface area contributed by atoms with Crippen LogP contribution in [0.4, 0.5) is 5.69 Å². The summed E-state index contributed by atoms with van der Waals surface area (Å²) in [5.74, 6) is 0.526. The smallest absolute Gasteiger partial charge is 0.270 e. The Morgan fingerprint density at radius 3 is 2.61 bits per heavy atom. The van der Waals surface area contributed by atoms with E-state index in [4.69, 9.17) is 4.74 Å². The van der Waals surface area contributed by atoms with Crippen LogP contribution in [0.5, 0.6) is 5.75 Å². The van der Waals surface area contributed by atoms with Gasteiger partial charge in [0, 0.05) is 5.56 Å². The van der Waals surface area contributed by atoms with Gasteiger partial charge in [0.1, 0.15) is 0 Å². The fraction of sp³-hybridized carbons (Fsp3) is 0.0714. The van der Waals surface area contributed by atoms with Crippen LogP contribution >= 0.6 is 15.9 Å². The van der Waals surface area contributed by atoms with E-state index in [1.807, 2.05) is 48.5 Å². The Labute approximate surface area is 113 Å². The van der Waals surface area contributed by atoms with Crippen molar-refractivity contribution in [1.29, 1.82) is 0 Å². The molecule has 2 aromatic carbocycles. The maximum atomic E-state index is 12.0. The highest BCUT2D eigenvalue weighted by molar-refractivity contribution is 9.10. The molecule has 0 aromatic heterocycles. The van der Waals surface area contributed by atoms with Gasteiger partial charge in [0.15, 0.2) is 5.75 Å². The summed E-state index contributed by atoms with van der Waals surface area (Å²) in [5.41, 5.74) is 1.54. The molecular formula is C14H10BrNO2. The molecule has 3 nitrogen and oxygen atoms in total. The molecule has 1 N–H and O–H groups in total. The van der Waals surface area contributed by atoms with Gasteiger partial charge in [-0.25, -0.2) is 0 Å². The highest BCUT2D eigenvalue weighted by Crippen LogP contribution is 2.40. The summed E-state index contributed by atoms with van der Waals surface area (Å²) in [6, 6.07) is 15.0. The molecule has 0 radical (unpaired) electrons. The molecule has 0 fully saturated rings. The molecular weight excluding hydrogens is 294 g/mol. The predicted octanol–water partition coefficient (Wildman–Crippen LogP) is 3.52. The number of rotatable bonds is 1. The lowest BCUT2D eigenvalue weighted by Gasteiger charge is -2.26. The van der Waals surface area contributed by atoms with Crippen molar-refractivity contribution >= 4 is 27.5 Å². The van der Waals surface area contributed by atoms with Crippen LogP contribution in [0.1, 0.15) is 11.7 Å². The van der Waals surface area contributed by atoms with E-state index in [9.17, 15) is 4.79 Å². The first-order valence-corrected chi connectivity index (χ1v) is 6.36. The molecule has 1 atom stereocenters. The highest BCUT2D eigenvalue weighted by Gasteiger charge is 2.29. The molecule has 3 rings (SSSR count). The van der Waals surface area contributed by atoms with E-state index in [1.165, 1.54) is 0 Å². The van der Waals surface area contributed by atoms with Crippen LogP contribution < -0.4 is 10.1 Å². The first kappa shape index (κ1) is 11.3. The van der Waals surface area contributed by atoms with Crippen molar-refractivity contribution in [3.8, 4) is 5.75 Å². The zero-order valence-corrected chi connectivity index (χ0v) is 11.0. The van der Waals surface area contributed by atoms with Crippen LogP contribution in [0.3, 0.4) is 0 Å². The Morgan fingerprint density at radius 1 is 1.06 bits per heavy atom. The SMILES string of the molecule is O=C1Nc2cccc(Br)c2OC1c1ccccc1. The van der Waals surface area contributed by atoms with Gasteiger partial charge in [-0.1, -0.05) is 36.4 Å². The van der Waals surface area contributed by atoms with Gasteiger partial charge in [-0.2, -0.15) is 0 Å². The van der Waals surface area contributed by atoms with Gasteiger partial charge in [-0.3, -0.25) is 4.79 Å². The van der Waals surface area contributed by atoms with Gasteiger partial charge < -0.3 is 10.1 Å². The molecule has 4 heteroatoms. The molecule has 0 aliphatic carbocycles. The van der Waals surface area contributed by atoms with Crippen molar-refractivity contribution < 1.29 is 9.53 Å². The minimum Gasteiger partial charge on any atom is -0.472 e. The number of halogens is 1. The first-order valence-electron chi connectivity index (χ1n) is 5.56. The second-order valence-electron chi connectivity index (χ2n) is 4.01. The van der Waals surface area contributed by atoms with Crippen LogP contribution in [0, 0.1) is 0 Å². The Morgan fingerprint density at radius 2 is 1.83 bits per heavy atom. The van der Waals surface area contributed by atoms with E-state index in [0.717, 1.165) is 10.0 Å². The standard InChI is InChI=1S/C14H10BrNO2/c15-10-7-4-8-11-13(10)18-12(14(17)16-11)9-5-2-1-3-6-9/h1-8,12H,(H,16,17). The van der Waals surface area contributed by atoms with Crippen molar-refractivity contribution in [3.63, 3.8) is 0 Å². The fourth-order valence-corrected chi connectivity index (χ4v) is 2.40. The van der Waals surface area contributed by atoms with Crippen molar-refractivity contribution in [2.45, 2.75) is 6.10 Å². The summed E-state index contributed by atoms with van der Waals surface area (Å²) in [7, 11) is 0. The lowest BCUT2D eigenvalue weighted by molar-refractivity contribution is -0.123. The lowest BCUT2D eigenvalue weighted by atomic mass is 10.1. The zero-order valence-electron chi connectivity index (χ0n) is 9.39. The van der Waals surface area contributed by atoms with Crippen molar-refractivity contribution in [3.05, 3.63) is 58.6 Å². The second kappa shape index (κ2) is 4.46. The van der Waals surface area contributed by atoms with Crippen LogP contribution in [0.2, 0.25) is 0 Å². The van der Waals surface area contributed by atoms with Crippen LogP contribution in [0.25, 0.3) is 0 Å². The predicted molar refractivity (Wildman–Crippen MR) is 72.6 cm³/mol. The largest absolute Gasteiger partial charge is 0.472 e. The third kappa shape index (κ3) is 1.88. The molecule has 1 aliphatic heterocycles. The molecule has 1 unspecified atom stereocenters.